The van der Waals surface area contributed by atoms with Crippen molar-refractivity contribution in [1.82, 2.24) is 4.72 Å². The Kier molecular flexibility index (Phi) is 6.05. The molecule has 2 aromatic carbocycles. The normalized spacial score (nSPS) is 13.5. The van der Waals surface area contributed by atoms with Gasteiger partial charge in [0, 0.05) is 29.9 Å². The first-order valence-electron chi connectivity index (χ1n) is 8.69. The molecule has 7 nitrogen and oxygen atoms in total. The Bertz CT molecular complexity index is 1030. The van der Waals surface area contributed by atoms with Crippen molar-refractivity contribution in [3.63, 3.8) is 0 Å². The molecule has 0 atom stereocenters. The third-order valence-corrected chi connectivity index (χ3v) is 5.66. The van der Waals surface area contributed by atoms with E-state index < -0.39 is 10.0 Å². The number of hydrogen-bond acceptors (Lipinski definition) is 5. The van der Waals surface area contributed by atoms with Crippen molar-refractivity contribution in [2.45, 2.75) is 24.7 Å². The molecule has 0 fully saturated rings. The van der Waals surface area contributed by atoms with Crippen LogP contribution >= 0.6 is 12.2 Å². The van der Waals surface area contributed by atoms with E-state index in [1.54, 1.807) is 36.4 Å². The Hall–Kier alpha value is -2.78. The van der Waals surface area contributed by atoms with Crippen molar-refractivity contribution in [2.75, 3.05) is 17.2 Å². The molecule has 0 radical (unpaired) electrons. The van der Waals surface area contributed by atoms with Crippen LogP contribution in [0, 0.1) is 0 Å². The highest BCUT2D eigenvalue weighted by Gasteiger charge is 2.18. The maximum Gasteiger partial charge on any atom is 0.262 e. The average molecular weight is 417 g/mol. The molecule has 28 heavy (non-hydrogen) atoms. The predicted octanol–water partition coefficient (Wildman–Crippen LogP) is 3.17. The molecular weight excluding hydrogens is 396 g/mol. The molecule has 3 rings (SSSR count). The molecule has 0 bridgehead atoms. The fraction of sp³-hybridized carbons (Fsp3) is 0.211. The summed E-state index contributed by atoms with van der Waals surface area (Å²) in [4.78, 5) is 15.6. The van der Waals surface area contributed by atoms with Crippen LogP contribution in [0.25, 0.3) is 0 Å². The van der Waals surface area contributed by atoms with Crippen LogP contribution in [0.15, 0.2) is 58.4 Å². The van der Waals surface area contributed by atoms with E-state index in [-0.39, 0.29) is 10.7 Å². The van der Waals surface area contributed by atoms with Crippen LogP contribution in [0.4, 0.5) is 11.4 Å². The second-order valence-corrected chi connectivity index (χ2v) is 8.37. The van der Waals surface area contributed by atoms with Gasteiger partial charge in [-0.05, 0) is 68.0 Å². The van der Waals surface area contributed by atoms with E-state index in [9.17, 15) is 13.2 Å². The monoisotopic (exact) mass is 416 g/mol. The number of hydrogen-bond donors (Lipinski definition) is 3. The lowest BCUT2D eigenvalue weighted by Crippen LogP contribution is -2.29. The number of aliphatic imine (C=N–C) groups is 1. The Morgan fingerprint density at radius 2 is 1.79 bits per heavy atom. The Balaban J connectivity index is 1.66. The zero-order valence-electron chi connectivity index (χ0n) is 15.2. The molecule has 1 heterocycles. The minimum Gasteiger partial charge on any atom is -0.332 e. The molecule has 0 spiro atoms. The van der Waals surface area contributed by atoms with Crippen LogP contribution in [-0.2, 0) is 10.0 Å². The van der Waals surface area contributed by atoms with Crippen LogP contribution in [0.1, 0.15) is 30.1 Å². The molecule has 0 aromatic heterocycles. The van der Waals surface area contributed by atoms with Crippen molar-refractivity contribution in [3.05, 3.63) is 54.1 Å². The SMILES string of the molecule is CC(=O)c1ccc(NC(=S)Nc2cccc(S(=O)(=O)NC3=NCCC3)c2)cc1. The quantitative estimate of drug-likeness (QED) is 0.511. The lowest BCUT2D eigenvalue weighted by Gasteiger charge is -2.12. The second kappa shape index (κ2) is 8.49. The number of benzene rings is 2. The van der Waals surface area contributed by atoms with Gasteiger partial charge in [0.15, 0.2) is 10.9 Å². The Morgan fingerprint density at radius 1 is 1.07 bits per heavy atom. The van der Waals surface area contributed by atoms with E-state index in [0.29, 0.717) is 40.9 Å². The molecule has 146 valence electrons. The summed E-state index contributed by atoms with van der Waals surface area (Å²) in [6.07, 6.45) is 1.49. The van der Waals surface area contributed by atoms with Crippen LogP contribution < -0.4 is 15.4 Å². The average Bonchev–Trinajstić information content (AvgIpc) is 3.14. The Labute approximate surface area is 169 Å². The summed E-state index contributed by atoms with van der Waals surface area (Å²) in [7, 11) is -3.69. The maximum absolute atomic E-state index is 12.5. The molecule has 0 amide bonds. The molecule has 1 aliphatic heterocycles. The first-order valence-corrected chi connectivity index (χ1v) is 10.6. The molecular formula is C19H20N4O3S2. The van der Waals surface area contributed by atoms with E-state index in [4.69, 9.17) is 12.2 Å². The van der Waals surface area contributed by atoms with Gasteiger partial charge in [0.25, 0.3) is 10.0 Å². The number of thiocarbonyl (C=S) groups is 1. The summed E-state index contributed by atoms with van der Waals surface area (Å²) in [5, 5.41) is 6.27. The van der Waals surface area contributed by atoms with Crippen LogP contribution in [0.3, 0.4) is 0 Å². The molecule has 3 N–H and O–H groups in total. The number of carbonyl (C=O) groups is 1. The topological polar surface area (TPSA) is 99.7 Å². The number of sulfonamides is 1. The highest BCUT2D eigenvalue weighted by Crippen LogP contribution is 2.17. The van der Waals surface area contributed by atoms with E-state index in [1.807, 2.05) is 0 Å². The van der Waals surface area contributed by atoms with Gasteiger partial charge in [-0.1, -0.05) is 6.07 Å². The van der Waals surface area contributed by atoms with Crippen molar-refractivity contribution >= 4 is 50.3 Å². The summed E-state index contributed by atoms with van der Waals surface area (Å²) < 4.78 is 27.5. The smallest absolute Gasteiger partial charge is 0.262 e. The first kappa shape index (κ1) is 20.0. The molecule has 0 unspecified atom stereocenters. The number of Topliss-reactive ketones (excluding diaryl/α,β-unsaturated/α-hetero) is 1. The lowest BCUT2D eigenvalue weighted by molar-refractivity contribution is 0.101. The van der Waals surface area contributed by atoms with Gasteiger partial charge in [-0.3, -0.25) is 14.5 Å². The van der Waals surface area contributed by atoms with Crippen LogP contribution in [0.2, 0.25) is 0 Å². The summed E-state index contributed by atoms with van der Waals surface area (Å²) in [6.45, 7) is 2.15. The van der Waals surface area contributed by atoms with Gasteiger partial charge >= 0.3 is 0 Å². The fourth-order valence-corrected chi connectivity index (χ4v) is 4.03. The highest BCUT2D eigenvalue weighted by atomic mass is 32.2. The first-order chi connectivity index (χ1) is 13.3. The molecule has 9 heteroatoms. The molecule has 0 saturated heterocycles. The second-order valence-electron chi connectivity index (χ2n) is 6.28. The molecule has 2 aromatic rings. The van der Waals surface area contributed by atoms with Crippen molar-refractivity contribution in [2.24, 2.45) is 4.99 Å². The largest absolute Gasteiger partial charge is 0.332 e. The van der Waals surface area contributed by atoms with E-state index >= 15 is 0 Å². The molecule has 0 saturated carbocycles. The van der Waals surface area contributed by atoms with E-state index in [0.717, 1.165) is 6.42 Å². The fourth-order valence-electron chi connectivity index (χ4n) is 2.66. The van der Waals surface area contributed by atoms with Gasteiger partial charge in [0.05, 0.1) is 4.90 Å². The van der Waals surface area contributed by atoms with Crippen molar-refractivity contribution in [3.8, 4) is 0 Å². The number of carbonyl (C=O) groups excluding carboxylic acids is 1. The van der Waals surface area contributed by atoms with Crippen LogP contribution in [0.5, 0.6) is 0 Å². The minimum atomic E-state index is -3.69. The summed E-state index contributed by atoms with van der Waals surface area (Å²) in [5.41, 5.74) is 1.86. The number of nitrogens with one attached hydrogen (secondary N) is 3. The van der Waals surface area contributed by atoms with E-state index in [1.165, 1.54) is 19.1 Å². The third-order valence-electron chi connectivity index (χ3n) is 4.08. The van der Waals surface area contributed by atoms with Crippen molar-refractivity contribution < 1.29 is 13.2 Å². The van der Waals surface area contributed by atoms with Gasteiger partial charge in [-0.2, -0.15) is 0 Å². The summed E-state index contributed by atoms with van der Waals surface area (Å²) in [6, 6.07) is 13.3. The van der Waals surface area contributed by atoms with Gasteiger partial charge in [-0.25, -0.2) is 8.42 Å². The van der Waals surface area contributed by atoms with Gasteiger partial charge in [0.2, 0.25) is 0 Å². The van der Waals surface area contributed by atoms with Crippen molar-refractivity contribution in [1.29, 1.82) is 0 Å². The maximum atomic E-state index is 12.5. The summed E-state index contributed by atoms with van der Waals surface area (Å²) >= 11 is 5.28. The standard InChI is InChI=1S/C19H20N4O3S2/c1-13(24)14-7-9-15(10-8-14)21-19(27)22-16-4-2-5-17(12-16)28(25,26)23-18-6-3-11-20-18/h2,4-5,7-10,12H,3,6,11H2,1H3,(H,20,23)(H2,21,22,27). The molecule has 1 aliphatic rings. The number of amidine groups is 1. The van der Waals surface area contributed by atoms with Gasteiger partial charge < -0.3 is 10.6 Å². The number of ketones is 1. The number of rotatable bonds is 5. The lowest BCUT2D eigenvalue weighted by atomic mass is 10.1. The highest BCUT2D eigenvalue weighted by molar-refractivity contribution is 7.90. The third kappa shape index (κ3) is 5.14. The zero-order chi connectivity index (χ0) is 20.1. The molecule has 0 aliphatic carbocycles. The Morgan fingerprint density at radius 3 is 2.43 bits per heavy atom. The minimum absolute atomic E-state index is 0.0116. The van der Waals surface area contributed by atoms with E-state index in [2.05, 4.69) is 20.3 Å². The van der Waals surface area contributed by atoms with Gasteiger partial charge in [0.1, 0.15) is 5.84 Å². The predicted molar refractivity (Wildman–Crippen MR) is 115 cm³/mol. The van der Waals surface area contributed by atoms with Gasteiger partial charge in [-0.15, -0.1) is 0 Å². The number of nitrogens with zero attached hydrogens (tertiary/aromatic N) is 1. The number of anilines is 2. The van der Waals surface area contributed by atoms with Crippen LogP contribution in [-0.4, -0.2) is 31.7 Å². The zero-order valence-corrected chi connectivity index (χ0v) is 16.9. The summed E-state index contributed by atoms with van der Waals surface area (Å²) in [5.74, 6) is 0.479.